The summed E-state index contributed by atoms with van der Waals surface area (Å²) in [5, 5.41) is 9.58. The highest BCUT2D eigenvalue weighted by Crippen LogP contribution is 2.66. The molecule has 0 unspecified atom stereocenters. The molecule has 3 N–H and O–H groups in total. The smallest absolute Gasteiger partial charge is 0.224 e. The van der Waals surface area contributed by atoms with Gasteiger partial charge in [-0.1, -0.05) is 67.6 Å². The summed E-state index contributed by atoms with van der Waals surface area (Å²) in [6.07, 6.45) is 0.785. The van der Waals surface area contributed by atoms with E-state index in [1.807, 2.05) is 21.1 Å². The summed E-state index contributed by atoms with van der Waals surface area (Å²) < 4.78 is 0. The molecule has 1 fully saturated rings. The molecule has 0 spiro atoms. The van der Waals surface area contributed by atoms with E-state index in [-0.39, 0.29) is 23.7 Å². The van der Waals surface area contributed by atoms with Crippen molar-refractivity contribution in [1.29, 1.82) is 0 Å². The highest BCUT2D eigenvalue weighted by molar-refractivity contribution is 5.51. The van der Waals surface area contributed by atoms with E-state index >= 15 is 0 Å². The summed E-state index contributed by atoms with van der Waals surface area (Å²) in [6, 6.07) is 25.7. The van der Waals surface area contributed by atoms with Crippen LogP contribution < -0.4 is 16.0 Å². The number of aryl methyl sites for hydroxylation is 1. The summed E-state index contributed by atoms with van der Waals surface area (Å²) in [7, 11) is 5.67. The van der Waals surface area contributed by atoms with Crippen molar-refractivity contribution in [1.82, 2.24) is 19.9 Å². The average molecular weight is 480 g/mol. The monoisotopic (exact) mass is 479 g/mol. The van der Waals surface area contributed by atoms with Crippen molar-refractivity contribution in [3.8, 4) is 0 Å². The molecule has 7 nitrogen and oxygen atoms in total. The van der Waals surface area contributed by atoms with Gasteiger partial charge in [0.1, 0.15) is 17.5 Å². The number of benzene rings is 2. The molecule has 2 atom stereocenters. The van der Waals surface area contributed by atoms with Crippen LogP contribution in [0.4, 0.5) is 17.6 Å². The van der Waals surface area contributed by atoms with Gasteiger partial charge in [0.25, 0.3) is 0 Å². The minimum Gasteiger partial charge on any atom is -0.373 e. The minimum atomic E-state index is 0.153. The van der Waals surface area contributed by atoms with Crippen LogP contribution in [0.15, 0.2) is 72.8 Å². The second kappa shape index (κ2) is 10.3. The van der Waals surface area contributed by atoms with Crippen LogP contribution in [0.3, 0.4) is 0 Å². The van der Waals surface area contributed by atoms with Crippen molar-refractivity contribution in [2.24, 2.45) is 0 Å². The molecule has 1 aliphatic carbocycles. The summed E-state index contributed by atoms with van der Waals surface area (Å²) in [4.78, 5) is 19.3. The fourth-order valence-electron chi connectivity index (χ4n) is 5.52. The van der Waals surface area contributed by atoms with E-state index in [4.69, 9.17) is 9.97 Å². The van der Waals surface area contributed by atoms with Crippen LogP contribution in [0, 0.1) is 0 Å². The van der Waals surface area contributed by atoms with Crippen molar-refractivity contribution in [3.63, 3.8) is 0 Å². The number of nitrogens with one attached hydrogen (secondary N) is 3. The Bertz CT molecular complexity index is 1150. The quantitative estimate of drug-likeness (QED) is 0.312. The first-order chi connectivity index (χ1) is 17.7. The fourth-order valence-corrected chi connectivity index (χ4v) is 5.52. The first kappa shape index (κ1) is 23.7. The number of aromatic nitrogens is 4. The zero-order valence-corrected chi connectivity index (χ0v) is 21.2. The maximum absolute atomic E-state index is 5.06. The lowest BCUT2D eigenvalue weighted by Gasteiger charge is -2.52. The Morgan fingerprint density at radius 2 is 1.08 bits per heavy atom. The zero-order valence-electron chi connectivity index (χ0n) is 21.2. The number of anilines is 3. The lowest BCUT2D eigenvalue weighted by Crippen LogP contribution is -2.41. The summed E-state index contributed by atoms with van der Waals surface area (Å²) in [5.41, 5.74) is 4.68. The van der Waals surface area contributed by atoms with E-state index in [1.54, 1.807) is 0 Å². The average Bonchev–Trinajstić information content (AvgIpc) is 2.93. The Labute approximate surface area is 212 Å². The maximum atomic E-state index is 5.06. The van der Waals surface area contributed by atoms with Gasteiger partial charge >= 0.3 is 0 Å². The second-order valence-corrected chi connectivity index (χ2v) is 9.12. The van der Waals surface area contributed by atoms with Crippen LogP contribution in [-0.2, 0) is 6.42 Å². The topological polar surface area (TPSA) is 87.7 Å². The zero-order chi connectivity index (χ0) is 25.1. The Morgan fingerprint density at radius 1 is 0.583 bits per heavy atom. The number of nitrogens with zero attached hydrogens (tertiary/aromatic N) is 4. The Balaban J connectivity index is 1.72. The molecule has 2 aromatic heterocycles. The van der Waals surface area contributed by atoms with E-state index in [0.29, 0.717) is 5.95 Å². The Kier molecular flexibility index (Phi) is 6.80. The SMILES string of the molecule is CCc1nc(NC)cc(C2[C@@H](c3ccccc3)C(c3cc(NC)nc(NC)n3)[C@@H]2c2ccccc2)n1. The van der Waals surface area contributed by atoms with Crippen molar-refractivity contribution in [2.45, 2.75) is 37.0 Å². The van der Waals surface area contributed by atoms with E-state index in [1.165, 1.54) is 11.1 Å². The van der Waals surface area contributed by atoms with E-state index in [2.05, 4.69) is 106 Å². The largest absolute Gasteiger partial charge is 0.373 e. The first-order valence-corrected chi connectivity index (χ1v) is 12.6. The Morgan fingerprint density at radius 3 is 1.56 bits per heavy atom. The molecule has 2 heterocycles. The fraction of sp³-hybridized carbons (Fsp3) is 0.310. The van der Waals surface area contributed by atoms with Gasteiger partial charge in [-0.25, -0.2) is 15.0 Å². The summed E-state index contributed by atoms with van der Waals surface area (Å²) >= 11 is 0. The number of rotatable bonds is 8. The molecule has 0 radical (unpaired) electrons. The van der Waals surface area contributed by atoms with Crippen LogP contribution in [0.25, 0.3) is 0 Å². The van der Waals surface area contributed by atoms with Gasteiger partial charge in [0.05, 0.1) is 11.4 Å². The highest BCUT2D eigenvalue weighted by Gasteiger charge is 2.54. The van der Waals surface area contributed by atoms with Crippen molar-refractivity contribution in [2.75, 3.05) is 37.1 Å². The third-order valence-corrected chi connectivity index (χ3v) is 7.19. The van der Waals surface area contributed by atoms with Crippen molar-refractivity contribution < 1.29 is 0 Å². The first-order valence-electron chi connectivity index (χ1n) is 12.6. The minimum absolute atomic E-state index is 0.153. The molecule has 0 saturated heterocycles. The van der Waals surface area contributed by atoms with Gasteiger partial charge < -0.3 is 16.0 Å². The number of hydrogen-bond donors (Lipinski definition) is 3. The van der Waals surface area contributed by atoms with Crippen LogP contribution in [0.1, 0.15) is 58.9 Å². The molecule has 1 saturated carbocycles. The normalized spacial score (nSPS) is 20.9. The summed E-state index contributed by atoms with van der Waals surface area (Å²) in [6.45, 7) is 2.10. The van der Waals surface area contributed by atoms with E-state index < -0.39 is 0 Å². The van der Waals surface area contributed by atoms with Gasteiger partial charge in [0.2, 0.25) is 5.95 Å². The predicted molar refractivity (Wildman–Crippen MR) is 146 cm³/mol. The molecule has 7 heteroatoms. The molecule has 36 heavy (non-hydrogen) atoms. The predicted octanol–water partition coefficient (Wildman–Crippen LogP) is 5.40. The molecule has 0 amide bonds. The molecular formula is C29H33N7. The molecule has 1 aliphatic rings. The summed E-state index contributed by atoms with van der Waals surface area (Å²) in [5.74, 6) is 3.86. The standard InChI is InChI=1S/C29H33N7/c1-5-22-33-20(16-23(30-2)35-22)27-25(18-12-8-6-9-13-18)28(26(27)19-14-10-7-11-15-19)21-17-24(31-3)36-29(32-4)34-21/h6-17,25-28H,5H2,1-4H3,(H,30,33,35)(H2,31,32,34,36)/t25-,26-,27?,28?/m1/s1. The number of hydrogen-bond acceptors (Lipinski definition) is 7. The molecule has 2 aromatic carbocycles. The molecule has 0 aliphatic heterocycles. The maximum Gasteiger partial charge on any atom is 0.224 e. The van der Waals surface area contributed by atoms with Crippen LogP contribution in [0.5, 0.6) is 0 Å². The van der Waals surface area contributed by atoms with Gasteiger partial charge in [-0.2, -0.15) is 4.98 Å². The lowest BCUT2D eigenvalue weighted by atomic mass is 9.50. The van der Waals surface area contributed by atoms with Gasteiger partial charge in [0.15, 0.2) is 0 Å². The van der Waals surface area contributed by atoms with Gasteiger partial charge in [0, 0.05) is 63.4 Å². The van der Waals surface area contributed by atoms with Crippen LogP contribution >= 0.6 is 0 Å². The van der Waals surface area contributed by atoms with Gasteiger partial charge in [-0.05, 0) is 11.1 Å². The van der Waals surface area contributed by atoms with Gasteiger partial charge in [-0.15, -0.1) is 0 Å². The molecular weight excluding hydrogens is 446 g/mol. The molecule has 0 bridgehead atoms. The third-order valence-electron chi connectivity index (χ3n) is 7.19. The van der Waals surface area contributed by atoms with Crippen LogP contribution in [-0.4, -0.2) is 41.1 Å². The Hall–Kier alpha value is -4.00. The molecule has 4 aromatic rings. The molecule has 5 rings (SSSR count). The van der Waals surface area contributed by atoms with E-state index in [9.17, 15) is 0 Å². The van der Waals surface area contributed by atoms with Crippen LogP contribution in [0.2, 0.25) is 0 Å². The highest BCUT2D eigenvalue weighted by atomic mass is 15.1. The third kappa shape index (κ3) is 4.37. The van der Waals surface area contributed by atoms with E-state index in [0.717, 1.165) is 35.3 Å². The van der Waals surface area contributed by atoms with Gasteiger partial charge in [-0.3, -0.25) is 0 Å². The lowest BCUT2D eigenvalue weighted by molar-refractivity contribution is 0.220. The van der Waals surface area contributed by atoms with Crippen molar-refractivity contribution >= 4 is 17.6 Å². The molecule has 184 valence electrons. The second-order valence-electron chi connectivity index (χ2n) is 9.12. The van der Waals surface area contributed by atoms with Crippen molar-refractivity contribution in [3.05, 3.63) is 101 Å².